The van der Waals surface area contributed by atoms with Gasteiger partial charge in [-0.15, -0.1) is 0 Å². The van der Waals surface area contributed by atoms with Crippen molar-refractivity contribution in [2.45, 2.75) is 33.3 Å². The lowest BCUT2D eigenvalue weighted by atomic mass is 10.0. The van der Waals surface area contributed by atoms with E-state index in [0.717, 1.165) is 5.56 Å². The highest BCUT2D eigenvalue weighted by Crippen LogP contribution is 2.24. The minimum Gasteiger partial charge on any atom is -0.457 e. The van der Waals surface area contributed by atoms with Crippen LogP contribution in [-0.2, 0) is 11.3 Å². The molecule has 120 valence electrons. The molecule has 0 N–H and O–H groups in total. The molecule has 0 radical (unpaired) electrons. The van der Waals surface area contributed by atoms with Crippen LogP contribution in [-0.4, -0.2) is 10.9 Å². The molecule has 0 atom stereocenters. The van der Waals surface area contributed by atoms with E-state index >= 15 is 0 Å². The Kier molecular flexibility index (Phi) is 5.11. The number of hydrogen-bond donors (Lipinski definition) is 0. The van der Waals surface area contributed by atoms with E-state index in [1.165, 1.54) is 11.6 Å². The monoisotopic (exact) mass is 313 g/mol. The number of nitrogens with zero attached hydrogens (tertiary/aromatic N) is 1. The number of rotatable bonds is 5. The van der Waals surface area contributed by atoms with Crippen molar-refractivity contribution in [2.75, 3.05) is 0 Å². The largest absolute Gasteiger partial charge is 0.457 e. The first-order valence-electron chi connectivity index (χ1n) is 7.40. The highest BCUT2D eigenvalue weighted by molar-refractivity contribution is 5.94. The van der Waals surface area contributed by atoms with Gasteiger partial charge < -0.3 is 4.74 Å². The number of carbonyl (C=O) groups excluding carboxylic acids is 1. The zero-order chi connectivity index (χ0) is 17.0. The maximum atomic E-state index is 12.1. The van der Waals surface area contributed by atoms with Crippen LogP contribution in [0.2, 0.25) is 0 Å². The predicted octanol–water partition coefficient (Wildman–Crippen LogP) is 4.38. The van der Waals surface area contributed by atoms with Gasteiger partial charge in [-0.1, -0.05) is 50.2 Å². The molecule has 0 aliphatic rings. The minimum atomic E-state index is -0.687. The third kappa shape index (κ3) is 3.94. The average molecular weight is 313 g/mol. The van der Waals surface area contributed by atoms with Crippen LogP contribution in [0.5, 0.6) is 0 Å². The maximum Gasteiger partial charge on any atom is 0.345 e. The zero-order valence-electron chi connectivity index (χ0n) is 13.4. The molecule has 0 saturated heterocycles. The van der Waals surface area contributed by atoms with Gasteiger partial charge in [0, 0.05) is 5.56 Å². The standard InChI is InChI=1S/C18H19NO4/c1-12(2)15-9-7-14(8-10-15)11-23-18(20)16-6-4-5-13(3)17(16)19(21)22/h4-10,12H,11H2,1-3H3. The van der Waals surface area contributed by atoms with Crippen molar-refractivity contribution in [3.8, 4) is 0 Å². The molecule has 0 aromatic heterocycles. The van der Waals surface area contributed by atoms with E-state index in [4.69, 9.17) is 4.74 Å². The Hall–Kier alpha value is -2.69. The number of ether oxygens (including phenoxy) is 1. The van der Waals surface area contributed by atoms with Crippen molar-refractivity contribution >= 4 is 11.7 Å². The fourth-order valence-electron chi connectivity index (χ4n) is 2.29. The first-order valence-corrected chi connectivity index (χ1v) is 7.40. The van der Waals surface area contributed by atoms with Gasteiger partial charge in [0.25, 0.3) is 5.69 Å². The SMILES string of the molecule is Cc1cccc(C(=O)OCc2ccc(C(C)C)cc2)c1[N+](=O)[O-]. The topological polar surface area (TPSA) is 69.4 Å². The average Bonchev–Trinajstić information content (AvgIpc) is 2.52. The number of aryl methyl sites for hydroxylation is 1. The highest BCUT2D eigenvalue weighted by Gasteiger charge is 2.23. The van der Waals surface area contributed by atoms with E-state index in [0.29, 0.717) is 11.5 Å². The molecule has 5 nitrogen and oxygen atoms in total. The van der Waals surface area contributed by atoms with Crippen LogP contribution in [0.3, 0.4) is 0 Å². The van der Waals surface area contributed by atoms with Crippen LogP contribution >= 0.6 is 0 Å². The Morgan fingerprint density at radius 2 is 1.83 bits per heavy atom. The lowest BCUT2D eigenvalue weighted by molar-refractivity contribution is -0.385. The first kappa shape index (κ1) is 16.7. The molecule has 0 amide bonds. The van der Waals surface area contributed by atoms with Crippen LogP contribution < -0.4 is 0 Å². The summed E-state index contributed by atoms with van der Waals surface area (Å²) in [7, 11) is 0. The molecule has 23 heavy (non-hydrogen) atoms. The minimum absolute atomic E-state index is 0.0196. The van der Waals surface area contributed by atoms with Crippen LogP contribution in [0.15, 0.2) is 42.5 Å². The summed E-state index contributed by atoms with van der Waals surface area (Å²) in [6.07, 6.45) is 0. The zero-order valence-corrected chi connectivity index (χ0v) is 13.4. The van der Waals surface area contributed by atoms with Crippen molar-refractivity contribution in [3.05, 3.63) is 74.8 Å². The highest BCUT2D eigenvalue weighted by atomic mass is 16.6. The maximum absolute atomic E-state index is 12.1. The van der Waals surface area contributed by atoms with Crippen molar-refractivity contribution in [3.63, 3.8) is 0 Å². The van der Waals surface area contributed by atoms with Crippen LogP contribution in [0.1, 0.15) is 46.8 Å². The fourth-order valence-corrected chi connectivity index (χ4v) is 2.29. The molecule has 5 heteroatoms. The van der Waals surface area contributed by atoms with E-state index in [1.807, 2.05) is 24.3 Å². The van der Waals surface area contributed by atoms with Gasteiger partial charge in [0.2, 0.25) is 0 Å². The van der Waals surface area contributed by atoms with Gasteiger partial charge >= 0.3 is 5.97 Å². The van der Waals surface area contributed by atoms with Crippen molar-refractivity contribution < 1.29 is 14.5 Å². The summed E-state index contributed by atoms with van der Waals surface area (Å²) in [6.45, 7) is 5.89. The lowest BCUT2D eigenvalue weighted by Gasteiger charge is -2.09. The van der Waals surface area contributed by atoms with Gasteiger partial charge in [0.1, 0.15) is 12.2 Å². The quantitative estimate of drug-likeness (QED) is 0.466. The predicted molar refractivity (Wildman–Crippen MR) is 87.5 cm³/mol. The number of hydrogen-bond acceptors (Lipinski definition) is 4. The second-order valence-electron chi connectivity index (χ2n) is 5.70. The van der Waals surface area contributed by atoms with Crippen LogP contribution in [0, 0.1) is 17.0 Å². The molecule has 0 bridgehead atoms. The first-order chi connectivity index (χ1) is 10.9. The van der Waals surface area contributed by atoms with Gasteiger partial charge in [-0.05, 0) is 30.0 Å². The Morgan fingerprint density at radius 3 is 2.39 bits per heavy atom. The number of nitro benzene ring substituents is 1. The third-order valence-corrected chi connectivity index (χ3v) is 3.66. The molecule has 0 saturated carbocycles. The smallest absolute Gasteiger partial charge is 0.345 e. The van der Waals surface area contributed by atoms with Gasteiger partial charge in [0.05, 0.1) is 4.92 Å². The van der Waals surface area contributed by atoms with Crippen molar-refractivity contribution in [1.82, 2.24) is 0 Å². The molecule has 0 fully saturated rings. The fraction of sp³-hybridized carbons (Fsp3) is 0.278. The number of benzene rings is 2. The molecule has 0 unspecified atom stereocenters. The molecule has 2 aromatic carbocycles. The van der Waals surface area contributed by atoms with Gasteiger partial charge in [0.15, 0.2) is 0 Å². The molecule has 0 aliphatic heterocycles. The Labute approximate surface area is 135 Å². The van der Waals surface area contributed by atoms with E-state index in [-0.39, 0.29) is 17.9 Å². The lowest BCUT2D eigenvalue weighted by Crippen LogP contribution is -2.09. The summed E-state index contributed by atoms with van der Waals surface area (Å²) < 4.78 is 5.22. The summed E-state index contributed by atoms with van der Waals surface area (Å²) in [5.41, 5.74) is 2.26. The molecule has 0 spiro atoms. The molecule has 0 heterocycles. The normalized spacial score (nSPS) is 10.6. The van der Waals surface area contributed by atoms with Crippen molar-refractivity contribution in [1.29, 1.82) is 0 Å². The van der Waals surface area contributed by atoms with E-state index < -0.39 is 10.9 Å². The number of para-hydroxylation sites is 1. The second-order valence-corrected chi connectivity index (χ2v) is 5.70. The third-order valence-electron chi connectivity index (χ3n) is 3.66. The molecular formula is C18H19NO4. The summed E-state index contributed by atoms with van der Waals surface area (Å²) in [6, 6.07) is 12.4. The van der Waals surface area contributed by atoms with E-state index in [9.17, 15) is 14.9 Å². The Morgan fingerprint density at radius 1 is 1.17 bits per heavy atom. The Balaban J connectivity index is 2.11. The summed E-state index contributed by atoms with van der Waals surface area (Å²) in [5, 5.41) is 11.1. The number of nitro groups is 1. The van der Waals surface area contributed by atoms with Crippen LogP contribution in [0.25, 0.3) is 0 Å². The molecular weight excluding hydrogens is 294 g/mol. The molecule has 0 aliphatic carbocycles. The van der Waals surface area contributed by atoms with Gasteiger partial charge in [-0.3, -0.25) is 10.1 Å². The number of esters is 1. The van der Waals surface area contributed by atoms with E-state index in [1.54, 1.807) is 19.1 Å². The summed E-state index contributed by atoms with van der Waals surface area (Å²) in [5.74, 6) is -0.255. The van der Waals surface area contributed by atoms with Gasteiger partial charge in [-0.25, -0.2) is 4.79 Å². The van der Waals surface area contributed by atoms with E-state index in [2.05, 4.69) is 13.8 Å². The van der Waals surface area contributed by atoms with Crippen molar-refractivity contribution in [2.24, 2.45) is 0 Å². The molecule has 2 aromatic rings. The summed E-state index contributed by atoms with van der Waals surface area (Å²) in [4.78, 5) is 22.7. The van der Waals surface area contributed by atoms with Crippen LogP contribution in [0.4, 0.5) is 5.69 Å². The Bertz CT molecular complexity index is 720. The second kappa shape index (κ2) is 7.05. The number of carbonyl (C=O) groups is 1. The molecule has 2 rings (SSSR count). The van der Waals surface area contributed by atoms with Gasteiger partial charge in [-0.2, -0.15) is 0 Å². The summed E-state index contributed by atoms with van der Waals surface area (Å²) >= 11 is 0.